The summed E-state index contributed by atoms with van der Waals surface area (Å²) in [7, 11) is 1.57. The van der Waals surface area contributed by atoms with Gasteiger partial charge < -0.3 is 19.9 Å². The van der Waals surface area contributed by atoms with Crippen LogP contribution in [-0.2, 0) is 4.79 Å². The van der Waals surface area contributed by atoms with Crippen molar-refractivity contribution >= 4 is 23.6 Å². The molecular formula is C22H25NO5. The summed E-state index contributed by atoms with van der Waals surface area (Å²) in [4.78, 5) is 23.4. The van der Waals surface area contributed by atoms with Gasteiger partial charge in [-0.2, -0.15) is 0 Å². The van der Waals surface area contributed by atoms with Crippen LogP contribution in [0.25, 0.3) is 6.08 Å². The molecule has 2 aromatic rings. The van der Waals surface area contributed by atoms with Crippen molar-refractivity contribution < 1.29 is 24.2 Å². The molecule has 1 amide bonds. The smallest absolute Gasteiger partial charge is 0.337 e. The third-order valence-electron chi connectivity index (χ3n) is 4.05. The first-order chi connectivity index (χ1) is 13.4. The Balaban J connectivity index is 2.09. The molecule has 0 radical (unpaired) electrons. The summed E-state index contributed by atoms with van der Waals surface area (Å²) in [6.45, 7) is 4.11. The topological polar surface area (TPSA) is 84.9 Å². The molecule has 6 nitrogen and oxygen atoms in total. The van der Waals surface area contributed by atoms with Gasteiger partial charge in [-0.15, -0.1) is 0 Å². The molecule has 2 N–H and O–H groups in total. The first-order valence-electron chi connectivity index (χ1n) is 9.10. The van der Waals surface area contributed by atoms with Crippen LogP contribution in [0, 0.1) is 0 Å². The number of methoxy groups -OCH3 is 1. The van der Waals surface area contributed by atoms with Crippen LogP contribution in [0.1, 0.15) is 42.6 Å². The Morgan fingerprint density at radius 2 is 1.93 bits per heavy atom. The van der Waals surface area contributed by atoms with Crippen molar-refractivity contribution in [3.05, 3.63) is 59.7 Å². The number of benzene rings is 2. The maximum Gasteiger partial charge on any atom is 0.337 e. The first kappa shape index (κ1) is 21.0. The predicted molar refractivity (Wildman–Crippen MR) is 109 cm³/mol. The standard InChI is InChI=1S/C22H25NO5/c1-4-7-15(2)28-19-12-10-16(14-20(19)27-3)11-13-21(24)23-18-9-6-5-8-17(18)22(25)26/h5-6,8-15H,4,7H2,1-3H3,(H,23,24)(H,25,26)/b13-11+. The number of nitrogens with one attached hydrogen (secondary N) is 1. The van der Waals surface area contributed by atoms with E-state index in [-0.39, 0.29) is 17.4 Å². The third-order valence-corrected chi connectivity index (χ3v) is 4.05. The molecule has 148 valence electrons. The van der Waals surface area contributed by atoms with Crippen molar-refractivity contribution in [2.45, 2.75) is 32.8 Å². The zero-order valence-corrected chi connectivity index (χ0v) is 16.3. The van der Waals surface area contributed by atoms with Crippen LogP contribution in [-0.4, -0.2) is 30.2 Å². The summed E-state index contributed by atoms with van der Waals surface area (Å²) in [5.41, 5.74) is 1.04. The molecule has 0 aromatic heterocycles. The second kappa shape index (κ2) is 10.2. The van der Waals surface area contributed by atoms with Gasteiger partial charge in [-0.3, -0.25) is 4.79 Å². The van der Waals surface area contributed by atoms with Crippen LogP contribution in [0.2, 0.25) is 0 Å². The molecule has 1 unspecified atom stereocenters. The van der Waals surface area contributed by atoms with Crippen LogP contribution in [0.3, 0.4) is 0 Å². The van der Waals surface area contributed by atoms with Gasteiger partial charge in [-0.1, -0.05) is 31.5 Å². The van der Waals surface area contributed by atoms with E-state index >= 15 is 0 Å². The van der Waals surface area contributed by atoms with E-state index in [1.54, 1.807) is 37.5 Å². The number of amides is 1. The predicted octanol–water partition coefficient (Wildman–Crippen LogP) is 4.61. The number of carbonyl (C=O) groups excluding carboxylic acids is 1. The van der Waals surface area contributed by atoms with E-state index in [2.05, 4.69) is 12.2 Å². The number of carboxylic acids is 1. The number of ether oxygens (including phenoxy) is 2. The molecule has 0 spiro atoms. The zero-order valence-electron chi connectivity index (χ0n) is 16.3. The second-order valence-corrected chi connectivity index (χ2v) is 6.30. The van der Waals surface area contributed by atoms with E-state index < -0.39 is 11.9 Å². The molecule has 1 atom stereocenters. The van der Waals surface area contributed by atoms with E-state index in [4.69, 9.17) is 9.47 Å². The number of carboxylic acid groups (broad SMARTS) is 1. The summed E-state index contributed by atoms with van der Waals surface area (Å²) in [5, 5.41) is 11.8. The van der Waals surface area contributed by atoms with Gasteiger partial charge in [0.05, 0.1) is 24.5 Å². The molecule has 0 aliphatic carbocycles. The second-order valence-electron chi connectivity index (χ2n) is 6.30. The van der Waals surface area contributed by atoms with Crippen molar-refractivity contribution in [1.82, 2.24) is 0 Å². The maximum absolute atomic E-state index is 12.2. The zero-order chi connectivity index (χ0) is 20.5. The van der Waals surface area contributed by atoms with Gasteiger partial charge in [0.2, 0.25) is 5.91 Å². The fraction of sp³-hybridized carbons (Fsp3) is 0.273. The van der Waals surface area contributed by atoms with E-state index in [9.17, 15) is 14.7 Å². The van der Waals surface area contributed by atoms with Gasteiger partial charge >= 0.3 is 5.97 Å². The number of hydrogen-bond acceptors (Lipinski definition) is 4. The largest absolute Gasteiger partial charge is 0.493 e. The molecule has 0 heterocycles. The van der Waals surface area contributed by atoms with Crippen molar-refractivity contribution in [3.63, 3.8) is 0 Å². The SMILES string of the molecule is CCCC(C)Oc1ccc(/C=C/C(=O)Nc2ccccc2C(=O)O)cc1OC. The summed E-state index contributed by atoms with van der Waals surface area (Å²) in [5.74, 6) is -0.288. The van der Waals surface area contributed by atoms with E-state index in [0.717, 1.165) is 18.4 Å². The molecule has 0 fully saturated rings. The lowest BCUT2D eigenvalue weighted by atomic mass is 10.1. The van der Waals surface area contributed by atoms with E-state index in [0.29, 0.717) is 11.5 Å². The van der Waals surface area contributed by atoms with Gasteiger partial charge in [-0.05, 0) is 49.2 Å². The number of rotatable bonds is 9. The lowest BCUT2D eigenvalue weighted by Crippen LogP contribution is -2.12. The highest BCUT2D eigenvalue weighted by Crippen LogP contribution is 2.30. The van der Waals surface area contributed by atoms with Crippen molar-refractivity contribution in [1.29, 1.82) is 0 Å². The Hall–Kier alpha value is -3.28. The van der Waals surface area contributed by atoms with Crippen LogP contribution in [0.15, 0.2) is 48.5 Å². The molecule has 0 aliphatic rings. The lowest BCUT2D eigenvalue weighted by Gasteiger charge is -2.16. The van der Waals surface area contributed by atoms with Gasteiger partial charge in [0, 0.05) is 6.08 Å². The highest BCUT2D eigenvalue weighted by atomic mass is 16.5. The molecular weight excluding hydrogens is 358 g/mol. The lowest BCUT2D eigenvalue weighted by molar-refractivity contribution is -0.111. The van der Waals surface area contributed by atoms with E-state index in [1.165, 1.54) is 12.1 Å². The molecule has 0 aliphatic heterocycles. The maximum atomic E-state index is 12.2. The number of carbonyl (C=O) groups is 2. The highest BCUT2D eigenvalue weighted by molar-refractivity contribution is 6.06. The van der Waals surface area contributed by atoms with E-state index in [1.807, 2.05) is 19.1 Å². The Morgan fingerprint density at radius 3 is 2.61 bits per heavy atom. The average molecular weight is 383 g/mol. The summed E-state index contributed by atoms with van der Waals surface area (Å²) in [6.07, 6.45) is 5.03. The fourth-order valence-corrected chi connectivity index (χ4v) is 2.69. The molecule has 0 bridgehead atoms. The molecule has 6 heteroatoms. The molecule has 0 saturated heterocycles. The minimum Gasteiger partial charge on any atom is -0.493 e. The van der Waals surface area contributed by atoms with Crippen molar-refractivity contribution in [2.75, 3.05) is 12.4 Å². The Morgan fingerprint density at radius 1 is 1.18 bits per heavy atom. The quantitative estimate of drug-likeness (QED) is 0.618. The first-order valence-corrected chi connectivity index (χ1v) is 9.10. The minimum atomic E-state index is -1.10. The van der Waals surface area contributed by atoms with Gasteiger partial charge in [0.1, 0.15) is 0 Å². The number of para-hydroxylation sites is 1. The number of aromatic carboxylic acids is 1. The normalized spacial score (nSPS) is 11.8. The van der Waals surface area contributed by atoms with Crippen molar-refractivity contribution in [3.8, 4) is 11.5 Å². The van der Waals surface area contributed by atoms with Crippen LogP contribution in [0.5, 0.6) is 11.5 Å². The van der Waals surface area contributed by atoms with Gasteiger partial charge in [0.15, 0.2) is 11.5 Å². The van der Waals surface area contributed by atoms with Crippen LogP contribution in [0.4, 0.5) is 5.69 Å². The average Bonchev–Trinajstić information content (AvgIpc) is 2.67. The van der Waals surface area contributed by atoms with Crippen LogP contribution < -0.4 is 14.8 Å². The summed E-state index contributed by atoms with van der Waals surface area (Å²) in [6, 6.07) is 11.7. The van der Waals surface area contributed by atoms with Crippen molar-refractivity contribution in [2.24, 2.45) is 0 Å². The monoisotopic (exact) mass is 383 g/mol. The number of anilines is 1. The molecule has 0 saturated carbocycles. The molecule has 2 aromatic carbocycles. The fourth-order valence-electron chi connectivity index (χ4n) is 2.69. The molecule has 28 heavy (non-hydrogen) atoms. The van der Waals surface area contributed by atoms with Crippen LogP contribution >= 0.6 is 0 Å². The van der Waals surface area contributed by atoms with Gasteiger partial charge in [0.25, 0.3) is 0 Å². The minimum absolute atomic E-state index is 0.0358. The number of hydrogen-bond donors (Lipinski definition) is 2. The summed E-state index contributed by atoms with van der Waals surface area (Å²) >= 11 is 0. The highest BCUT2D eigenvalue weighted by Gasteiger charge is 2.11. The Bertz CT molecular complexity index is 860. The summed E-state index contributed by atoms with van der Waals surface area (Å²) < 4.78 is 11.3. The van der Waals surface area contributed by atoms with Gasteiger partial charge in [-0.25, -0.2) is 4.79 Å². The Kier molecular flexibility index (Phi) is 7.63. The molecule has 2 rings (SSSR count). The third kappa shape index (κ3) is 5.87. The Labute approximate surface area is 164 Å².